The predicted molar refractivity (Wildman–Crippen MR) is 110 cm³/mol. The quantitative estimate of drug-likeness (QED) is 0.655. The van der Waals surface area contributed by atoms with Crippen LogP contribution in [0, 0.1) is 13.8 Å². The van der Waals surface area contributed by atoms with Crippen molar-refractivity contribution < 1.29 is 4.79 Å². The Morgan fingerprint density at radius 1 is 1.00 bits per heavy atom. The fraction of sp³-hybridized carbons (Fsp3) is 0.227. The summed E-state index contributed by atoms with van der Waals surface area (Å²) >= 11 is 0. The highest BCUT2D eigenvalue weighted by Crippen LogP contribution is 2.24. The van der Waals surface area contributed by atoms with E-state index in [4.69, 9.17) is 0 Å². The zero-order chi connectivity index (χ0) is 19.4. The van der Waals surface area contributed by atoms with Crippen LogP contribution in [0.25, 0.3) is 0 Å². The molecule has 0 aliphatic heterocycles. The molecule has 1 heterocycles. The molecule has 2 aromatic carbocycles. The Bertz CT molecular complexity index is 966. The molecule has 3 aromatic rings. The van der Waals surface area contributed by atoms with Gasteiger partial charge in [-0.15, -0.1) is 0 Å². The van der Waals surface area contributed by atoms with Crippen LogP contribution in [0.15, 0.2) is 54.7 Å². The Kier molecular flexibility index (Phi) is 5.50. The van der Waals surface area contributed by atoms with Gasteiger partial charge in [0.2, 0.25) is 5.95 Å². The van der Waals surface area contributed by atoms with Crippen molar-refractivity contribution in [3.63, 3.8) is 0 Å². The first-order valence-electron chi connectivity index (χ1n) is 9.01. The molecule has 3 rings (SSSR count). The fourth-order valence-electron chi connectivity index (χ4n) is 2.79. The van der Waals surface area contributed by atoms with Gasteiger partial charge in [0.05, 0.1) is 0 Å². The molecule has 0 fully saturated rings. The van der Waals surface area contributed by atoms with Gasteiger partial charge in [0.1, 0.15) is 5.69 Å². The number of benzene rings is 2. The lowest BCUT2D eigenvalue weighted by Gasteiger charge is -2.13. The van der Waals surface area contributed by atoms with Crippen LogP contribution in [0.4, 0.5) is 17.3 Å². The van der Waals surface area contributed by atoms with Crippen molar-refractivity contribution in [1.82, 2.24) is 9.97 Å². The van der Waals surface area contributed by atoms with Crippen LogP contribution >= 0.6 is 0 Å². The first-order valence-corrected chi connectivity index (χ1v) is 9.01. The largest absolute Gasteiger partial charge is 0.324 e. The molecule has 0 aliphatic carbocycles. The summed E-state index contributed by atoms with van der Waals surface area (Å²) in [4.78, 5) is 21.2. The van der Waals surface area contributed by atoms with Crippen molar-refractivity contribution >= 4 is 23.2 Å². The first-order chi connectivity index (χ1) is 12.9. The van der Waals surface area contributed by atoms with E-state index in [1.165, 1.54) is 11.1 Å². The number of aromatic nitrogens is 2. The van der Waals surface area contributed by atoms with Gasteiger partial charge < -0.3 is 10.6 Å². The summed E-state index contributed by atoms with van der Waals surface area (Å²) in [5.74, 6) is 0.450. The topological polar surface area (TPSA) is 66.9 Å². The number of hydrogen-bond donors (Lipinski definition) is 2. The molecule has 0 unspecified atom stereocenters. The molecule has 1 amide bonds. The predicted octanol–water partition coefficient (Wildman–Crippen LogP) is 5.21. The zero-order valence-electron chi connectivity index (χ0n) is 16.1. The minimum Gasteiger partial charge on any atom is -0.324 e. The van der Waals surface area contributed by atoms with E-state index in [2.05, 4.69) is 48.3 Å². The van der Waals surface area contributed by atoms with Gasteiger partial charge in [-0.05, 0) is 60.7 Å². The fourth-order valence-corrected chi connectivity index (χ4v) is 2.79. The number of nitrogens with zero attached hydrogens (tertiary/aromatic N) is 2. The van der Waals surface area contributed by atoms with Gasteiger partial charge in [-0.3, -0.25) is 4.79 Å². The van der Waals surface area contributed by atoms with E-state index in [0.29, 0.717) is 17.6 Å². The third-order valence-corrected chi connectivity index (χ3v) is 4.48. The number of amides is 1. The average molecular weight is 360 g/mol. The Balaban J connectivity index is 1.79. The van der Waals surface area contributed by atoms with Gasteiger partial charge in [0.25, 0.3) is 5.91 Å². The van der Waals surface area contributed by atoms with Crippen molar-refractivity contribution in [3.8, 4) is 0 Å². The summed E-state index contributed by atoms with van der Waals surface area (Å²) in [6.45, 7) is 8.31. The summed E-state index contributed by atoms with van der Waals surface area (Å²) in [6, 6.07) is 15.5. The number of carbonyl (C=O) groups is 1. The van der Waals surface area contributed by atoms with E-state index in [1.54, 1.807) is 12.3 Å². The van der Waals surface area contributed by atoms with E-state index in [9.17, 15) is 4.79 Å². The molecular weight excluding hydrogens is 336 g/mol. The first kappa shape index (κ1) is 18.6. The number of carbonyl (C=O) groups excluding carboxylic acids is 1. The molecule has 27 heavy (non-hydrogen) atoms. The van der Waals surface area contributed by atoms with Gasteiger partial charge >= 0.3 is 0 Å². The van der Waals surface area contributed by atoms with E-state index < -0.39 is 0 Å². The molecule has 2 N–H and O–H groups in total. The molecule has 5 heteroatoms. The van der Waals surface area contributed by atoms with Crippen molar-refractivity contribution in [2.24, 2.45) is 0 Å². The van der Waals surface area contributed by atoms with Crippen LogP contribution in [0.3, 0.4) is 0 Å². The molecule has 138 valence electrons. The van der Waals surface area contributed by atoms with Crippen molar-refractivity contribution in [3.05, 3.63) is 77.1 Å². The van der Waals surface area contributed by atoms with Gasteiger partial charge in [-0.1, -0.05) is 38.1 Å². The maximum Gasteiger partial charge on any atom is 0.274 e. The van der Waals surface area contributed by atoms with E-state index in [1.807, 2.05) is 42.5 Å². The van der Waals surface area contributed by atoms with E-state index >= 15 is 0 Å². The van der Waals surface area contributed by atoms with Crippen LogP contribution in [0.1, 0.15) is 46.9 Å². The van der Waals surface area contributed by atoms with Gasteiger partial charge in [0, 0.05) is 17.6 Å². The molecule has 0 atom stereocenters. The third kappa shape index (κ3) is 4.50. The zero-order valence-corrected chi connectivity index (χ0v) is 16.1. The molecule has 0 aliphatic rings. The minimum atomic E-state index is -0.256. The number of rotatable bonds is 5. The summed E-state index contributed by atoms with van der Waals surface area (Å²) in [7, 11) is 0. The third-order valence-electron chi connectivity index (χ3n) is 4.48. The lowest BCUT2D eigenvalue weighted by molar-refractivity contribution is 0.102. The Labute approximate surface area is 159 Å². The van der Waals surface area contributed by atoms with Crippen LogP contribution in [-0.4, -0.2) is 15.9 Å². The number of aryl methyl sites for hydroxylation is 2. The molecule has 0 saturated heterocycles. The summed E-state index contributed by atoms with van der Waals surface area (Å²) < 4.78 is 0. The normalized spacial score (nSPS) is 10.7. The number of hydrogen-bond acceptors (Lipinski definition) is 4. The number of para-hydroxylation sites is 1. The average Bonchev–Trinajstić information content (AvgIpc) is 2.65. The highest BCUT2D eigenvalue weighted by atomic mass is 16.1. The molecule has 0 bridgehead atoms. The van der Waals surface area contributed by atoms with Gasteiger partial charge in [0.15, 0.2) is 0 Å². The van der Waals surface area contributed by atoms with E-state index in [-0.39, 0.29) is 5.91 Å². The Hall–Kier alpha value is -3.21. The SMILES string of the molecule is Cc1ccc(Nc2nccc(C(=O)Nc3ccccc3C(C)C)n2)cc1C. The highest BCUT2D eigenvalue weighted by Gasteiger charge is 2.13. The summed E-state index contributed by atoms with van der Waals surface area (Å²) in [6.07, 6.45) is 1.58. The molecule has 5 nitrogen and oxygen atoms in total. The molecule has 1 aromatic heterocycles. The molecule has 0 spiro atoms. The van der Waals surface area contributed by atoms with Crippen molar-refractivity contribution in [2.75, 3.05) is 10.6 Å². The summed E-state index contributed by atoms with van der Waals surface area (Å²) in [5.41, 5.74) is 5.50. The van der Waals surface area contributed by atoms with Crippen LogP contribution in [0.2, 0.25) is 0 Å². The molecule has 0 saturated carbocycles. The van der Waals surface area contributed by atoms with Crippen LogP contribution < -0.4 is 10.6 Å². The van der Waals surface area contributed by atoms with Gasteiger partial charge in [-0.25, -0.2) is 9.97 Å². The second kappa shape index (κ2) is 7.99. The van der Waals surface area contributed by atoms with Crippen LogP contribution in [-0.2, 0) is 0 Å². The van der Waals surface area contributed by atoms with Gasteiger partial charge in [-0.2, -0.15) is 0 Å². The Morgan fingerprint density at radius 2 is 1.78 bits per heavy atom. The second-order valence-corrected chi connectivity index (χ2v) is 6.89. The van der Waals surface area contributed by atoms with Crippen molar-refractivity contribution in [1.29, 1.82) is 0 Å². The number of anilines is 3. The molecule has 0 radical (unpaired) electrons. The monoisotopic (exact) mass is 360 g/mol. The number of nitrogens with one attached hydrogen (secondary N) is 2. The second-order valence-electron chi connectivity index (χ2n) is 6.89. The Morgan fingerprint density at radius 3 is 2.52 bits per heavy atom. The summed E-state index contributed by atoms with van der Waals surface area (Å²) in [5, 5.41) is 6.12. The lowest BCUT2D eigenvalue weighted by atomic mass is 10.0. The standard InChI is InChI=1S/C22H24N4O/c1-14(2)18-7-5-6-8-19(18)25-21(27)20-11-12-23-22(26-20)24-17-10-9-15(3)16(4)13-17/h5-14H,1-4H3,(H,25,27)(H,23,24,26). The maximum absolute atomic E-state index is 12.7. The van der Waals surface area contributed by atoms with Crippen LogP contribution in [0.5, 0.6) is 0 Å². The lowest BCUT2D eigenvalue weighted by Crippen LogP contribution is -2.16. The molecular formula is C22H24N4O. The smallest absolute Gasteiger partial charge is 0.274 e. The maximum atomic E-state index is 12.7. The van der Waals surface area contributed by atoms with E-state index in [0.717, 1.165) is 16.9 Å². The minimum absolute atomic E-state index is 0.256. The highest BCUT2D eigenvalue weighted by molar-refractivity contribution is 6.03. The van der Waals surface area contributed by atoms with Crippen molar-refractivity contribution in [2.45, 2.75) is 33.6 Å².